The van der Waals surface area contributed by atoms with Gasteiger partial charge in [0.05, 0.1) is 4.92 Å². The topological polar surface area (TPSA) is 70.2 Å². The van der Waals surface area contributed by atoms with E-state index in [0.29, 0.717) is 0 Å². The first-order valence-electron chi connectivity index (χ1n) is 26.5. The van der Waals surface area contributed by atoms with E-state index in [2.05, 4.69) is 79.4 Å². The molecule has 0 amide bonds. The molecule has 0 N–H and O–H groups in total. The van der Waals surface area contributed by atoms with Crippen LogP contribution in [0.2, 0.25) is 0 Å². The Morgan fingerprint density at radius 2 is 0.719 bits per heavy atom. The molecule has 3 rings (SSSR count). The summed E-state index contributed by atoms with van der Waals surface area (Å²) < 4.78 is 0. The number of nitro groups is 1. The summed E-state index contributed by atoms with van der Waals surface area (Å²) in [5, 5.41) is 20.5. The number of nitrogens with zero attached hydrogens (tertiary/aromatic N) is 3. The largest absolute Gasteiger partial charge is 0.372 e. The van der Waals surface area contributed by atoms with Crippen LogP contribution >= 0.6 is 0 Å². The SMILES string of the molecule is CCCCCCCCCCCCCCCCCCN(CCCCCCCCCCCCCCCCCC)c1ccc(/C=C/c2ccc(/C=C/c3ccc([N+](=O)[O-])c(C#N)c3)cc2)cc1. The van der Waals surface area contributed by atoms with Gasteiger partial charge in [0, 0.05) is 24.8 Å². The maximum Gasteiger partial charge on any atom is 0.287 e. The number of benzene rings is 3. The number of hydrogen-bond acceptors (Lipinski definition) is 4. The second kappa shape index (κ2) is 37.1. The highest BCUT2D eigenvalue weighted by atomic mass is 16.6. The number of unbranched alkanes of at least 4 members (excludes halogenated alkanes) is 30. The molecule has 0 aliphatic heterocycles. The van der Waals surface area contributed by atoms with Crippen molar-refractivity contribution >= 4 is 35.7 Å². The van der Waals surface area contributed by atoms with Crippen LogP contribution in [0.15, 0.2) is 66.7 Å². The predicted molar refractivity (Wildman–Crippen MR) is 280 cm³/mol. The minimum Gasteiger partial charge on any atom is -0.372 e. The van der Waals surface area contributed by atoms with Crippen LogP contribution in [0.25, 0.3) is 24.3 Å². The van der Waals surface area contributed by atoms with E-state index >= 15 is 0 Å². The highest BCUT2D eigenvalue weighted by Crippen LogP contribution is 2.23. The summed E-state index contributed by atoms with van der Waals surface area (Å²) in [5.74, 6) is 0. The molecule has 64 heavy (non-hydrogen) atoms. The van der Waals surface area contributed by atoms with Gasteiger partial charge in [-0.2, -0.15) is 5.26 Å². The zero-order valence-corrected chi connectivity index (χ0v) is 40.9. The molecule has 0 saturated carbocycles. The van der Waals surface area contributed by atoms with E-state index in [1.807, 2.05) is 18.2 Å². The minimum atomic E-state index is -0.521. The molecule has 5 heteroatoms. The first kappa shape index (κ1) is 54.2. The fourth-order valence-corrected chi connectivity index (χ4v) is 8.88. The number of nitro benzene ring substituents is 1. The number of nitriles is 1. The van der Waals surface area contributed by atoms with Crippen molar-refractivity contribution in [3.05, 3.63) is 105 Å². The molecule has 0 aromatic heterocycles. The highest BCUT2D eigenvalue weighted by Gasteiger charge is 2.13. The van der Waals surface area contributed by atoms with Gasteiger partial charge in [-0.25, -0.2) is 0 Å². The molecule has 0 fully saturated rings. The van der Waals surface area contributed by atoms with E-state index in [0.717, 1.165) is 29.8 Å². The molecule has 0 saturated heterocycles. The van der Waals surface area contributed by atoms with E-state index < -0.39 is 4.92 Å². The molecule has 0 unspecified atom stereocenters. The molecule has 5 nitrogen and oxygen atoms in total. The van der Waals surface area contributed by atoms with Gasteiger partial charge < -0.3 is 4.90 Å². The zero-order chi connectivity index (χ0) is 45.6. The van der Waals surface area contributed by atoms with Gasteiger partial charge >= 0.3 is 0 Å². The summed E-state index contributed by atoms with van der Waals surface area (Å²) >= 11 is 0. The number of rotatable bonds is 40. The first-order valence-corrected chi connectivity index (χ1v) is 26.5. The predicted octanol–water partition coefficient (Wildman–Crippen LogP) is 19.1. The molecule has 0 bridgehead atoms. The van der Waals surface area contributed by atoms with Gasteiger partial charge in [-0.1, -0.05) is 267 Å². The van der Waals surface area contributed by atoms with Gasteiger partial charge in [0.2, 0.25) is 0 Å². The Bertz CT molecular complexity index is 1670. The first-order chi connectivity index (χ1) is 31.5. The van der Waals surface area contributed by atoms with Crippen LogP contribution in [0.4, 0.5) is 11.4 Å². The quantitative estimate of drug-likeness (QED) is 0.0247. The van der Waals surface area contributed by atoms with Crippen molar-refractivity contribution < 1.29 is 4.92 Å². The van der Waals surface area contributed by atoms with Gasteiger partial charge in [-0.05, 0) is 59.4 Å². The second-order valence-electron chi connectivity index (χ2n) is 18.7. The van der Waals surface area contributed by atoms with Crippen molar-refractivity contribution in [2.45, 2.75) is 219 Å². The summed E-state index contributed by atoms with van der Waals surface area (Å²) in [6.45, 7) is 6.90. The lowest BCUT2D eigenvalue weighted by atomic mass is 10.0. The summed E-state index contributed by atoms with van der Waals surface area (Å²) in [7, 11) is 0. The van der Waals surface area contributed by atoms with Crippen molar-refractivity contribution in [3.63, 3.8) is 0 Å². The molecular weight excluding hydrogens is 783 g/mol. The smallest absolute Gasteiger partial charge is 0.287 e. The van der Waals surface area contributed by atoms with Gasteiger partial charge in [-0.3, -0.25) is 10.1 Å². The normalized spacial score (nSPS) is 11.5. The summed E-state index contributed by atoms with van der Waals surface area (Å²) in [4.78, 5) is 13.3. The molecule has 0 atom stereocenters. The molecule has 0 radical (unpaired) electrons. The average molecular weight is 872 g/mol. The van der Waals surface area contributed by atoms with Gasteiger partial charge in [-0.15, -0.1) is 0 Å². The second-order valence-corrected chi connectivity index (χ2v) is 18.7. The molecular formula is C59H89N3O2. The summed E-state index contributed by atoms with van der Waals surface area (Å²) in [6, 6.07) is 24.0. The lowest BCUT2D eigenvalue weighted by Crippen LogP contribution is -2.25. The van der Waals surface area contributed by atoms with Crippen LogP contribution in [0.1, 0.15) is 247 Å². The Hall–Kier alpha value is -4.17. The Kier molecular flexibility index (Phi) is 31.4. The van der Waals surface area contributed by atoms with Crippen molar-refractivity contribution in [1.82, 2.24) is 0 Å². The molecule has 3 aromatic carbocycles. The minimum absolute atomic E-state index is 0.0687. The molecule has 0 heterocycles. The van der Waals surface area contributed by atoms with E-state index in [-0.39, 0.29) is 11.3 Å². The lowest BCUT2D eigenvalue weighted by molar-refractivity contribution is -0.385. The Labute approximate surface area is 392 Å². The van der Waals surface area contributed by atoms with Gasteiger partial charge in [0.25, 0.3) is 5.69 Å². The van der Waals surface area contributed by atoms with E-state index in [9.17, 15) is 15.4 Å². The van der Waals surface area contributed by atoms with Crippen LogP contribution < -0.4 is 4.90 Å². The van der Waals surface area contributed by atoms with Crippen LogP contribution in [-0.4, -0.2) is 18.0 Å². The van der Waals surface area contributed by atoms with Crippen molar-refractivity contribution in [3.8, 4) is 6.07 Å². The molecule has 0 aliphatic rings. The van der Waals surface area contributed by atoms with E-state index in [4.69, 9.17) is 0 Å². The Balaban J connectivity index is 1.40. The van der Waals surface area contributed by atoms with Crippen LogP contribution in [0, 0.1) is 21.4 Å². The van der Waals surface area contributed by atoms with Gasteiger partial charge in [0.1, 0.15) is 11.6 Å². The third kappa shape index (κ3) is 26.0. The maximum atomic E-state index is 11.2. The third-order valence-corrected chi connectivity index (χ3v) is 13.0. The lowest BCUT2D eigenvalue weighted by Gasteiger charge is -2.25. The Morgan fingerprint density at radius 1 is 0.438 bits per heavy atom. The highest BCUT2D eigenvalue weighted by molar-refractivity contribution is 5.74. The van der Waals surface area contributed by atoms with E-state index in [1.54, 1.807) is 12.1 Å². The van der Waals surface area contributed by atoms with Crippen molar-refractivity contribution in [2.24, 2.45) is 0 Å². The fourth-order valence-electron chi connectivity index (χ4n) is 8.88. The van der Waals surface area contributed by atoms with Crippen LogP contribution in [-0.2, 0) is 0 Å². The average Bonchev–Trinajstić information content (AvgIpc) is 3.32. The van der Waals surface area contributed by atoms with Crippen molar-refractivity contribution in [2.75, 3.05) is 18.0 Å². The summed E-state index contributed by atoms with van der Waals surface area (Å²) in [5.41, 5.74) is 5.35. The monoisotopic (exact) mass is 872 g/mol. The van der Waals surface area contributed by atoms with E-state index in [1.165, 1.54) is 223 Å². The van der Waals surface area contributed by atoms with Crippen LogP contribution in [0.3, 0.4) is 0 Å². The molecule has 3 aromatic rings. The molecule has 352 valence electrons. The molecule has 0 spiro atoms. The van der Waals surface area contributed by atoms with Gasteiger partial charge in [0.15, 0.2) is 0 Å². The fraction of sp³-hybridized carbons (Fsp3) is 0.610. The maximum absolute atomic E-state index is 11.2. The Morgan fingerprint density at radius 3 is 1.03 bits per heavy atom. The van der Waals surface area contributed by atoms with Crippen molar-refractivity contribution in [1.29, 1.82) is 5.26 Å². The summed E-state index contributed by atoms with van der Waals surface area (Å²) in [6.07, 6.45) is 53.1. The molecule has 0 aliphatic carbocycles. The number of hydrogen-bond donors (Lipinski definition) is 0. The van der Waals surface area contributed by atoms with Crippen LogP contribution in [0.5, 0.6) is 0 Å². The third-order valence-electron chi connectivity index (χ3n) is 13.0. The number of anilines is 1. The standard InChI is InChI=1S/C59H89N3O2/c1-3-5-7-9-11-13-15-17-19-21-23-25-27-29-31-33-49-61(50-34-32-30-28-26-24-22-20-18-16-14-12-10-8-6-4-2)58-46-43-55(44-47-58)40-39-53-35-37-54(38-36-53)41-42-56-45-48-59(62(63)64)57(51-56)52-60/h35-48,51H,3-34,49-50H2,1-2H3/b40-39+,42-41+. The zero-order valence-electron chi connectivity index (χ0n) is 40.9.